The van der Waals surface area contributed by atoms with Crippen molar-refractivity contribution in [3.8, 4) is 0 Å². The maximum atomic E-state index is 3.14. The SMILES string of the molecule is BrSSSBr. The first-order valence-electron chi connectivity index (χ1n) is 0.642. The average molecular weight is 256 g/mol. The molecule has 0 unspecified atom stereocenters. The normalized spacial score (nSPS) is 8.40. The summed E-state index contributed by atoms with van der Waals surface area (Å²) in [6, 6.07) is 0. The van der Waals surface area contributed by atoms with Crippen LogP contribution in [0.25, 0.3) is 0 Å². The van der Waals surface area contributed by atoms with E-state index in [1.807, 2.05) is 0 Å². The first-order chi connectivity index (χ1) is 2.41. The highest BCUT2D eigenvalue weighted by Crippen LogP contribution is 2.42. The van der Waals surface area contributed by atoms with Crippen LogP contribution in [0.1, 0.15) is 0 Å². The van der Waals surface area contributed by atoms with Crippen LogP contribution in [0.15, 0.2) is 0 Å². The summed E-state index contributed by atoms with van der Waals surface area (Å²) in [5, 5.41) is 0. The van der Waals surface area contributed by atoms with Crippen LogP contribution >= 0.6 is 57.9 Å². The molecule has 0 rings (SSSR count). The van der Waals surface area contributed by atoms with Gasteiger partial charge in [-0.2, -0.15) is 0 Å². The largest absolute Gasteiger partial charge is 0.00227 e. The van der Waals surface area contributed by atoms with Crippen molar-refractivity contribution in [2.45, 2.75) is 0 Å². The molecule has 0 radical (unpaired) electrons. The van der Waals surface area contributed by atoms with Gasteiger partial charge < -0.3 is 0 Å². The second-order valence-electron chi connectivity index (χ2n) is 0.194. The van der Waals surface area contributed by atoms with Crippen molar-refractivity contribution in [1.29, 1.82) is 0 Å². The lowest BCUT2D eigenvalue weighted by Gasteiger charge is -1.73. The van der Waals surface area contributed by atoms with Gasteiger partial charge in [0.1, 0.15) is 0 Å². The van der Waals surface area contributed by atoms with E-state index in [-0.39, 0.29) is 0 Å². The van der Waals surface area contributed by atoms with E-state index in [0.29, 0.717) is 0 Å². The Bertz CT molecular complexity index is 12.4. The molecule has 0 aliphatic carbocycles. The zero-order chi connectivity index (χ0) is 4.12. The number of hydrogen-bond donors (Lipinski definition) is 0. The van der Waals surface area contributed by atoms with Gasteiger partial charge in [-0.15, -0.1) is 0 Å². The molecule has 0 nitrogen and oxygen atoms in total. The molecule has 0 aliphatic heterocycles. The topological polar surface area (TPSA) is 0 Å². The van der Waals surface area contributed by atoms with Gasteiger partial charge in [-0.1, -0.05) is 0 Å². The van der Waals surface area contributed by atoms with Crippen LogP contribution in [0.2, 0.25) is 0 Å². The Morgan fingerprint density at radius 1 is 1.00 bits per heavy atom. The molecular formula is Br2S3. The van der Waals surface area contributed by atoms with E-state index >= 15 is 0 Å². The van der Waals surface area contributed by atoms with Gasteiger partial charge >= 0.3 is 0 Å². The minimum Gasteiger partial charge on any atom is -0.00195 e. The van der Waals surface area contributed by atoms with Crippen LogP contribution in [0.3, 0.4) is 0 Å². The van der Waals surface area contributed by atoms with Crippen molar-refractivity contribution in [2.75, 3.05) is 0 Å². The second kappa shape index (κ2) is 6.01. The van der Waals surface area contributed by atoms with E-state index in [0.717, 1.165) is 0 Å². The summed E-state index contributed by atoms with van der Waals surface area (Å²) in [4.78, 5) is 0. The summed E-state index contributed by atoms with van der Waals surface area (Å²) in [6.45, 7) is 0. The molecule has 0 aromatic rings. The van der Waals surface area contributed by atoms with Crippen LogP contribution < -0.4 is 0 Å². The van der Waals surface area contributed by atoms with Crippen molar-refractivity contribution in [1.82, 2.24) is 0 Å². The Kier molecular flexibility index (Phi) is 8.43. The second-order valence-corrected chi connectivity index (χ2v) is 7.73. The quantitative estimate of drug-likeness (QED) is 0.692. The summed E-state index contributed by atoms with van der Waals surface area (Å²) in [6.07, 6.45) is 0. The molecule has 0 amide bonds. The highest BCUT2D eigenvalue weighted by molar-refractivity contribution is 9.75. The molecule has 0 aromatic heterocycles. The van der Waals surface area contributed by atoms with Gasteiger partial charge in [-0.05, 0) is 28.3 Å². The molecule has 0 heterocycles. The average Bonchev–Trinajstić information content (AvgIpc) is 1.41. The maximum absolute atomic E-state index is 3.14. The highest BCUT2D eigenvalue weighted by Gasteiger charge is 1.73. The first-order valence-corrected chi connectivity index (χ1v) is 7.81. The molecule has 5 heteroatoms. The van der Waals surface area contributed by atoms with Crippen molar-refractivity contribution >= 4 is 57.9 Å². The van der Waals surface area contributed by atoms with Crippen LogP contribution in [0.5, 0.6) is 0 Å². The van der Waals surface area contributed by atoms with Gasteiger partial charge in [0, 0.05) is 29.6 Å². The summed E-state index contributed by atoms with van der Waals surface area (Å²) < 4.78 is 0. The number of halogens is 2. The highest BCUT2D eigenvalue weighted by atomic mass is 79.9. The molecule has 0 fully saturated rings. The predicted octanol–water partition coefficient (Wildman–Crippen LogP) is 3.64. The van der Waals surface area contributed by atoms with Gasteiger partial charge in [0.2, 0.25) is 0 Å². The lowest BCUT2D eigenvalue weighted by Crippen LogP contribution is -1.05. The van der Waals surface area contributed by atoms with Crippen molar-refractivity contribution in [2.24, 2.45) is 0 Å². The van der Waals surface area contributed by atoms with Crippen molar-refractivity contribution in [3.63, 3.8) is 0 Å². The maximum Gasteiger partial charge on any atom is 0.00227 e. The van der Waals surface area contributed by atoms with Gasteiger partial charge in [-0.3, -0.25) is 0 Å². The van der Waals surface area contributed by atoms with Crippen molar-refractivity contribution in [3.05, 3.63) is 0 Å². The molecule has 0 bridgehead atoms. The minimum absolute atomic E-state index is 1.55. The lowest BCUT2D eigenvalue weighted by molar-refractivity contribution is 6.00. The molecule has 32 valence electrons. The number of hydrogen-bond acceptors (Lipinski definition) is 3. The molecule has 0 saturated heterocycles. The summed E-state index contributed by atoms with van der Waals surface area (Å²) in [5.41, 5.74) is 0. The molecule has 0 aromatic carbocycles. The fourth-order valence-corrected chi connectivity index (χ4v) is 7.09. The van der Waals surface area contributed by atoms with Gasteiger partial charge in [-0.25, -0.2) is 0 Å². The van der Waals surface area contributed by atoms with Gasteiger partial charge in [0.25, 0.3) is 0 Å². The Labute approximate surface area is 57.4 Å². The lowest BCUT2D eigenvalue weighted by atomic mass is 30.6. The van der Waals surface area contributed by atoms with Gasteiger partial charge in [0.05, 0.1) is 0 Å². The molecule has 0 saturated carbocycles. The van der Waals surface area contributed by atoms with Crippen LogP contribution in [-0.4, -0.2) is 0 Å². The van der Waals surface area contributed by atoms with E-state index in [9.17, 15) is 0 Å². The Morgan fingerprint density at radius 2 is 1.40 bits per heavy atom. The summed E-state index contributed by atoms with van der Waals surface area (Å²) in [7, 11) is 4.72. The van der Waals surface area contributed by atoms with Crippen LogP contribution in [-0.2, 0) is 0 Å². The molecule has 0 aliphatic rings. The molecular weight excluding hydrogens is 256 g/mol. The van der Waals surface area contributed by atoms with E-state index in [1.54, 1.807) is 28.3 Å². The van der Waals surface area contributed by atoms with Crippen LogP contribution in [0, 0.1) is 0 Å². The third-order valence-corrected chi connectivity index (χ3v) is 7.22. The molecule has 0 spiro atoms. The Balaban J connectivity index is 2.19. The smallest absolute Gasteiger partial charge is 0.00195 e. The van der Waals surface area contributed by atoms with Gasteiger partial charge in [0.15, 0.2) is 0 Å². The monoisotopic (exact) mass is 254 g/mol. The molecule has 5 heavy (non-hydrogen) atoms. The van der Waals surface area contributed by atoms with E-state index in [1.165, 1.54) is 0 Å². The first kappa shape index (κ1) is 7.01. The zero-order valence-electron chi connectivity index (χ0n) is 1.98. The third kappa shape index (κ3) is 6.01. The van der Waals surface area contributed by atoms with E-state index in [4.69, 9.17) is 0 Å². The Hall–Kier alpha value is 2.01. The van der Waals surface area contributed by atoms with Crippen LogP contribution in [0.4, 0.5) is 0 Å². The molecule has 0 N–H and O–H groups in total. The van der Waals surface area contributed by atoms with E-state index < -0.39 is 0 Å². The van der Waals surface area contributed by atoms with Crippen molar-refractivity contribution < 1.29 is 0 Å². The number of rotatable bonds is 2. The standard InChI is InChI=1S/Br2S3/c1-3-5-4-2. The molecule has 0 atom stereocenters. The summed E-state index contributed by atoms with van der Waals surface area (Å²) in [5.74, 6) is 0. The third-order valence-electron chi connectivity index (χ3n) is 0.0514. The fourth-order valence-electron chi connectivity index (χ4n) is 0.00972. The fraction of sp³-hybridized carbons (Fsp3) is 0. The summed E-state index contributed by atoms with van der Waals surface area (Å²) >= 11 is 6.28. The minimum atomic E-state index is 1.55. The predicted molar refractivity (Wildman–Crippen MR) is 40.6 cm³/mol. The Morgan fingerprint density at radius 3 is 1.40 bits per heavy atom. The zero-order valence-corrected chi connectivity index (χ0v) is 7.60. The van der Waals surface area contributed by atoms with E-state index in [2.05, 4.69) is 29.6 Å².